The van der Waals surface area contributed by atoms with Gasteiger partial charge in [-0.2, -0.15) is 5.10 Å². The summed E-state index contributed by atoms with van der Waals surface area (Å²) in [6, 6.07) is 12.7. The number of benzene rings is 2. The quantitative estimate of drug-likeness (QED) is 0.459. The molecule has 9 nitrogen and oxygen atoms in total. The van der Waals surface area contributed by atoms with Crippen molar-refractivity contribution in [2.24, 2.45) is 11.0 Å². The number of carbonyl (C=O) groups is 2. The molecular formula is C28H35N3O6. The monoisotopic (exact) mass is 509 g/mol. The van der Waals surface area contributed by atoms with Crippen LogP contribution in [0.1, 0.15) is 42.9 Å². The molecule has 0 bridgehead atoms. The van der Waals surface area contributed by atoms with Crippen LogP contribution >= 0.6 is 0 Å². The lowest BCUT2D eigenvalue weighted by Gasteiger charge is -2.32. The molecule has 1 aliphatic carbocycles. The predicted octanol–water partition coefficient (Wildman–Crippen LogP) is 3.67. The second kappa shape index (κ2) is 12.1. The normalized spacial score (nSPS) is 17.1. The van der Waals surface area contributed by atoms with Crippen molar-refractivity contribution < 1.29 is 28.5 Å². The highest BCUT2D eigenvalue weighted by molar-refractivity contribution is 6.03. The van der Waals surface area contributed by atoms with E-state index in [1.54, 1.807) is 33.3 Å². The average Bonchev–Trinajstić information content (AvgIpc) is 3.35. The molecule has 0 aromatic heterocycles. The Bertz CT molecular complexity index is 1130. The Labute approximate surface area is 217 Å². The molecule has 9 heteroatoms. The van der Waals surface area contributed by atoms with Gasteiger partial charge < -0.3 is 23.8 Å². The van der Waals surface area contributed by atoms with E-state index in [0.717, 1.165) is 41.9 Å². The Kier molecular flexibility index (Phi) is 8.66. The van der Waals surface area contributed by atoms with E-state index in [-0.39, 0.29) is 24.3 Å². The molecule has 1 atom stereocenters. The lowest BCUT2D eigenvalue weighted by atomic mass is 9.84. The molecule has 1 saturated carbocycles. The summed E-state index contributed by atoms with van der Waals surface area (Å²) in [5.74, 6) is 1.76. The van der Waals surface area contributed by atoms with Crippen LogP contribution in [-0.4, -0.2) is 75.6 Å². The molecule has 1 fully saturated rings. The number of carbonyl (C=O) groups excluding carboxylic acids is 2. The number of rotatable bonds is 11. The molecule has 2 aromatic rings. The standard InChI is InChI=1S/C28H35N3O6/c1-34-15-14-30(28(33)20-6-5-7-20)18-27(32)31-25(23-16-22(36-3)12-13-26(23)37-4)17-24(29-31)19-8-10-21(35-2)11-9-19/h8-13,16,20,25H,5-7,14-15,17-18H2,1-4H3. The van der Waals surface area contributed by atoms with Crippen molar-refractivity contribution in [1.82, 2.24) is 9.91 Å². The summed E-state index contributed by atoms with van der Waals surface area (Å²) in [5.41, 5.74) is 2.45. The molecule has 0 spiro atoms. The van der Waals surface area contributed by atoms with E-state index in [1.807, 2.05) is 42.5 Å². The summed E-state index contributed by atoms with van der Waals surface area (Å²) in [7, 11) is 6.41. The first-order valence-electron chi connectivity index (χ1n) is 12.5. The first kappa shape index (κ1) is 26.5. The van der Waals surface area contributed by atoms with Gasteiger partial charge in [0.05, 0.1) is 39.7 Å². The van der Waals surface area contributed by atoms with E-state index in [4.69, 9.17) is 24.0 Å². The van der Waals surface area contributed by atoms with Crippen LogP contribution in [0, 0.1) is 5.92 Å². The van der Waals surface area contributed by atoms with E-state index >= 15 is 0 Å². The fraction of sp³-hybridized carbons (Fsp3) is 0.464. The SMILES string of the molecule is COCCN(CC(=O)N1N=C(c2ccc(OC)cc2)CC1c1cc(OC)ccc1OC)C(=O)C1CCC1. The second-order valence-electron chi connectivity index (χ2n) is 9.22. The van der Waals surface area contributed by atoms with Gasteiger partial charge in [-0.1, -0.05) is 6.42 Å². The number of amides is 2. The molecule has 2 aromatic carbocycles. The maximum Gasteiger partial charge on any atom is 0.262 e. The zero-order valence-electron chi connectivity index (χ0n) is 21.9. The number of hydrogen-bond donors (Lipinski definition) is 0. The highest BCUT2D eigenvalue weighted by Crippen LogP contribution is 2.39. The van der Waals surface area contributed by atoms with Gasteiger partial charge in [-0.3, -0.25) is 9.59 Å². The van der Waals surface area contributed by atoms with E-state index in [9.17, 15) is 9.59 Å². The van der Waals surface area contributed by atoms with Crippen LogP contribution in [0.25, 0.3) is 0 Å². The summed E-state index contributed by atoms with van der Waals surface area (Å²) >= 11 is 0. The molecule has 0 radical (unpaired) electrons. The van der Waals surface area contributed by atoms with Gasteiger partial charge in [0.25, 0.3) is 5.91 Å². The molecular weight excluding hydrogens is 474 g/mol. The number of ether oxygens (including phenoxy) is 4. The van der Waals surface area contributed by atoms with Crippen molar-refractivity contribution in [2.75, 3.05) is 48.1 Å². The molecule has 198 valence electrons. The first-order valence-corrected chi connectivity index (χ1v) is 12.5. The maximum absolute atomic E-state index is 13.8. The summed E-state index contributed by atoms with van der Waals surface area (Å²) in [4.78, 5) is 28.4. The zero-order chi connectivity index (χ0) is 26.4. The van der Waals surface area contributed by atoms with Crippen molar-refractivity contribution in [1.29, 1.82) is 0 Å². The number of methoxy groups -OCH3 is 4. The number of hydrazone groups is 1. The summed E-state index contributed by atoms with van der Waals surface area (Å²) < 4.78 is 21.6. The largest absolute Gasteiger partial charge is 0.497 e. The molecule has 1 unspecified atom stereocenters. The van der Waals surface area contributed by atoms with Crippen LogP contribution in [-0.2, 0) is 14.3 Å². The highest BCUT2D eigenvalue weighted by Gasteiger charge is 2.37. The first-order chi connectivity index (χ1) is 18.0. The molecule has 4 rings (SSSR count). The van der Waals surface area contributed by atoms with Gasteiger partial charge >= 0.3 is 0 Å². The molecule has 2 amide bonds. The lowest BCUT2D eigenvalue weighted by Crippen LogP contribution is -2.46. The van der Waals surface area contributed by atoms with Crippen LogP contribution in [0.3, 0.4) is 0 Å². The Balaban J connectivity index is 1.66. The average molecular weight is 510 g/mol. The van der Waals surface area contributed by atoms with E-state index < -0.39 is 6.04 Å². The summed E-state index contributed by atoms with van der Waals surface area (Å²) in [5, 5.41) is 6.26. The van der Waals surface area contributed by atoms with E-state index in [0.29, 0.717) is 31.1 Å². The van der Waals surface area contributed by atoms with Gasteiger partial charge in [-0.05, 0) is 60.9 Å². The lowest BCUT2D eigenvalue weighted by molar-refractivity contribution is -0.146. The smallest absolute Gasteiger partial charge is 0.262 e. The van der Waals surface area contributed by atoms with Gasteiger partial charge in [0.15, 0.2) is 0 Å². The Morgan fingerprint density at radius 3 is 2.27 bits per heavy atom. The van der Waals surface area contributed by atoms with Gasteiger partial charge in [-0.25, -0.2) is 5.01 Å². The summed E-state index contributed by atoms with van der Waals surface area (Å²) in [6.45, 7) is 0.647. The minimum atomic E-state index is -0.419. The van der Waals surface area contributed by atoms with E-state index in [1.165, 1.54) is 5.01 Å². The summed E-state index contributed by atoms with van der Waals surface area (Å²) in [6.07, 6.45) is 3.26. The number of nitrogens with zero attached hydrogens (tertiary/aromatic N) is 3. The molecule has 0 N–H and O–H groups in total. The van der Waals surface area contributed by atoms with E-state index in [2.05, 4.69) is 0 Å². The van der Waals surface area contributed by atoms with Crippen LogP contribution in [0.4, 0.5) is 0 Å². The zero-order valence-corrected chi connectivity index (χ0v) is 21.9. The van der Waals surface area contributed by atoms with Crippen molar-refractivity contribution in [3.8, 4) is 17.2 Å². The van der Waals surface area contributed by atoms with Gasteiger partial charge in [0.1, 0.15) is 23.8 Å². The molecule has 1 heterocycles. The third-order valence-corrected chi connectivity index (χ3v) is 7.04. The minimum Gasteiger partial charge on any atom is -0.497 e. The third-order valence-electron chi connectivity index (χ3n) is 7.04. The minimum absolute atomic E-state index is 0.00529. The highest BCUT2D eigenvalue weighted by atomic mass is 16.5. The van der Waals surface area contributed by atoms with Crippen molar-refractivity contribution in [3.05, 3.63) is 53.6 Å². The van der Waals surface area contributed by atoms with Crippen LogP contribution < -0.4 is 14.2 Å². The van der Waals surface area contributed by atoms with Crippen molar-refractivity contribution in [2.45, 2.75) is 31.7 Å². The fourth-order valence-corrected chi connectivity index (χ4v) is 4.66. The Morgan fingerprint density at radius 2 is 1.68 bits per heavy atom. The molecule has 2 aliphatic rings. The van der Waals surface area contributed by atoms with Crippen molar-refractivity contribution in [3.63, 3.8) is 0 Å². The Morgan fingerprint density at radius 1 is 0.973 bits per heavy atom. The topological polar surface area (TPSA) is 89.9 Å². The Hall–Kier alpha value is -3.59. The predicted molar refractivity (Wildman–Crippen MR) is 139 cm³/mol. The van der Waals surface area contributed by atoms with Crippen LogP contribution in [0.5, 0.6) is 17.2 Å². The molecule has 0 saturated heterocycles. The molecule has 1 aliphatic heterocycles. The third kappa shape index (κ3) is 5.88. The number of hydrogen-bond acceptors (Lipinski definition) is 7. The second-order valence-corrected chi connectivity index (χ2v) is 9.22. The van der Waals surface area contributed by atoms with Crippen LogP contribution in [0.15, 0.2) is 47.6 Å². The van der Waals surface area contributed by atoms with Gasteiger partial charge in [0.2, 0.25) is 5.91 Å². The van der Waals surface area contributed by atoms with Gasteiger partial charge in [0, 0.05) is 31.6 Å². The molecule has 37 heavy (non-hydrogen) atoms. The van der Waals surface area contributed by atoms with Crippen molar-refractivity contribution >= 4 is 17.5 Å². The fourth-order valence-electron chi connectivity index (χ4n) is 4.66. The van der Waals surface area contributed by atoms with Gasteiger partial charge in [-0.15, -0.1) is 0 Å². The maximum atomic E-state index is 13.8. The van der Waals surface area contributed by atoms with Crippen LogP contribution in [0.2, 0.25) is 0 Å².